The molecule has 4 rings (SSSR count). The number of rotatable bonds is 7. The number of imidazole rings is 1. The van der Waals surface area contributed by atoms with E-state index in [-0.39, 0.29) is 18.0 Å². The average molecular weight is 446 g/mol. The van der Waals surface area contributed by atoms with E-state index < -0.39 is 23.7 Å². The average Bonchev–Trinajstić information content (AvgIpc) is 3.24. The van der Waals surface area contributed by atoms with E-state index >= 15 is 0 Å². The van der Waals surface area contributed by atoms with Gasteiger partial charge in [0.1, 0.15) is 6.04 Å². The van der Waals surface area contributed by atoms with Crippen LogP contribution in [0.5, 0.6) is 0 Å². The van der Waals surface area contributed by atoms with Crippen LogP contribution in [-0.2, 0) is 20.5 Å². The van der Waals surface area contributed by atoms with Crippen LogP contribution in [0.2, 0.25) is 0 Å². The summed E-state index contributed by atoms with van der Waals surface area (Å²) >= 11 is 0. The lowest BCUT2D eigenvalue weighted by atomic mass is 10.1. The molecule has 1 atom stereocenters. The van der Waals surface area contributed by atoms with E-state index in [0.717, 1.165) is 6.07 Å². The van der Waals surface area contributed by atoms with Gasteiger partial charge in [0.2, 0.25) is 11.9 Å². The maximum Gasteiger partial charge on any atom is 0.418 e. The fourth-order valence-electron chi connectivity index (χ4n) is 3.89. The standard InChI is InChI=1S/C22H21F3N4O3/c1-32-12-6-11-28-20(31)18(29-17-10-5-4-9-16(17)27-21(28)29)13-19(30)26-15-8-3-2-7-14(15)22(23,24)25/h2-5,7-10,18H,6,11-13H2,1H3,(H,26,30)/t18-/m0/s1. The summed E-state index contributed by atoms with van der Waals surface area (Å²) in [5, 5.41) is 2.32. The number of amides is 2. The van der Waals surface area contributed by atoms with Crippen LogP contribution in [0.4, 0.5) is 24.8 Å². The summed E-state index contributed by atoms with van der Waals surface area (Å²) in [4.78, 5) is 31.9. The van der Waals surface area contributed by atoms with Crippen molar-refractivity contribution in [2.45, 2.75) is 25.1 Å². The normalized spacial score (nSPS) is 15.9. The fourth-order valence-corrected chi connectivity index (χ4v) is 3.89. The molecule has 32 heavy (non-hydrogen) atoms. The first-order valence-electron chi connectivity index (χ1n) is 10.0. The number of anilines is 2. The van der Waals surface area contributed by atoms with Crippen molar-refractivity contribution >= 4 is 34.5 Å². The number of methoxy groups -OCH3 is 1. The van der Waals surface area contributed by atoms with Crippen molar-refractivity contribution in [1.82, 2.24) is 9.55 Å². The molecule has 1 aromatic heterocycles. The summed E-state index contributed by atoms with van der Waals surface area (Å²) < 4.78 is 46.5. The van der Waals surface area contributed by atoms with Crippen LogP contribution in [-0.4, -0.2) is 41.6 Å². The summed E-state index contributed by atoms with van der Waals surface area (Å²) in [5.74, 6) is -0.600. The highest BCUT2D eigenvalue weighted by Crippen LogP contribution is 2.38. The Bertz CT molecular complexity index is 1160. The van der Waals surface area contributed by atoms with Crippen molar-refractivity contribution in [1.29, 1.82) is 0 Å². The number of aromatic nitrogens is 2. The van der Waals surface area contributed by atoms with E-state index in [2.05, 4.69) is 10.3 Å². The largest absolute Gasteiger partial charge is 0.418 e. The number of benzene rings is 2. The Balaban J connectivity index is 1.62. The first-order valence-corrected chi connectivity index (χ1v) is 10.0. The van der Waals surface area contributed by atoms with E-state index in [0.29, 0.717) is 36.6 Å². The molecule has 2 aromatic carbocycles. The molecule has 10 heteroatoms. The molecule has 1 aliphatic rings. The minimum atomic E-state index is -4.61. The summed E-state index contributed by atoms with van der Waals surface area (Å²) in [7, 11) is 1.56. The number of nitrogens with one attached hydrogen (secondary N) is 1. The Labute approximate surface area is 181 Å². The van der Waals surface area contributed by atoms with Gasteiger partial charge >= 0.3 is 6.18 Å². The highest BCUT2D eigenvalue weighted by molar-refractivity contribution is 6.05. The highest BCUT2D eigenvalue weighted by atomic mass is 19.4. The molecule has 0 spiro atoms. The number of carbonyl (C=O) groups is 2. The first-order chi connectivity index (χ1) is 15.3. The van der Waals surface area contributed by atoms with Crippen LogP contribution in [0, 0.1) is 0 Å². The lowest BCUT2D eigenvalue weighted by Gasteiger charge is -2.17. The quantitative estimate of drug-likeness (QED) is 0.557. The van der Waals surface area contributed by atoms with Gasteiger partial charge in [-0.25, -0.2) is 4.98 Å². The molecular weight excluding hydrogens is 425 g/mol. The Kier molecular flexibility index (Phi) is 5.88. The Morgan fingerprint density at radius 1 is 1.16 bits per heavy atom. The number of alkyl halides is 3. The highest BCUT2D eigenvalue weighted by Gasteiger charge is 2.41. The van der Waals surface area contributed by atoms with Gasteiger partial charge in [-0.05, 0) is 30.7 Å². The van der Waals surface area contributed by atoms with Crippen LogP contribution < -0.4 is 10.2 Å². The number of hydrogen-bond donors (Lipinski definition) is 1. The summed E-state index contributed by atoms with van der Waals surface area (Å²) in [6.45, 7) is 0.800. The summed E-state index contributed by atoms with van der Waals surface area (Å²) in [5.41, 5.74) is 0.0577. The minimum absolute atomic E-state index is 0.320. The van der Waals surface area contributed by atoms with E-state index in [9.17, 15) is 22.8 Å². The molecule has 0 radical (unpaired) electrons. The zero-order chi connectivity index (χ0) is 22.9. The molecule has 0 fully saturated rings. The van der Waals surface area contributed by atoms with Gasteiger partial charge in [-0.1, -0.05) is 24.3 Å². The Hall–Kier alpha value is -3.40. The second-order valence-electron chi connectivity index (χ2n) is 7.42. The van der Waals surface area contributed by atoms with Gasteiger partial charge in [0.15, 0.2) is 0 Å². The number of halogens is 3. The fraction of sp³-hybridized carbons (Fsp3) is 0.318. The number of fused-ring (bicyclic) bond motifs is 3. The SMILES string of the molecule is COCCCN1C(=O)[C@H](CC(=O)Nc2ccccc2C(F)(F)F)n2c1nc1ccccc12. The zero-order valence-corrected chi connectivity index (χ0v) is 17.2. The molecule has 7 nitrogen and oxygen atoms in total. The summed E-state index contributed by atoms with van der Waals surface area (Å²) in [6.07, 6.45) is -4.36. The number of carbonyl (C=O) groups excluding carboxylic acids is 2. The first kappa shape index (κ1) is 21.8. The molecule has 2 amide bonds. The third kappa shape index (κ3) is 4.05. The van der Waals surface area contributed by atoms with Crippen LogP contribution >= 0.6 is 0 Å². The smallest absolute Gasteiger partial charge is 0.385 e. The molecule has 0 saturated carbocycles. The van der Waals surface area contributed by atoms with Crippen LogP contribution in [0.15, 0.2) is 48.5 Å². The maximum absolute atomic E-state index is 13.3. The lowest BCUT2D eigenvalue weighted by molar-refractivity contribution is -0.137. The zero-order valence-electron chi connectivity index (χ0n) is 17.2. The lowest BCUT2D eigenvalue weighted by Crippen LogP contribution is -2.32. The van der Waals surface area contributed by atoms with E-state index in [4.69, 9.17) is 4.74 Å². The maximum atomic E-state index is 13.3. The molecular formula is C22H21F3N4O3. The molecule has 1 N–H and O–H groups in total. The predicted octanol–water partition coefficient (Wildman–Crippen LogP) is 4.01. The molecule has 2 heterocycles. The summed E-state index contributed by atoms with van der Waals surface area (Å²) in [6, 6.07) is 11.0. The molecule has 168 valence electrons. The molecule has 0 unspecified atom stereocenters. The van der Waals surface area contributed by atoms with Gasteiger partial charge in [-0.3, -0.25) is 19.1 Å². The van der Waals surface area contributed by atoms with Crippen LogP contribution in [0.25, 0.3) is 11.0 Å². The van der Waals surface area contributed by atoms with Gasteiger partial charge in [0.25, 0.3) is 5.91 Å². The molecule has 0 saturated heterocycles. The third-order valence-corrected chi connectivity index (χ3v) is 5.30. The monoisotopic (exact) mass is 446 g/mol. The van der Waals surface area contributed by atoms with Crippen molar-refractivity contribution < 1.29 is 27.5 Å². The molecule has 3 aromatic rings. The van der Waals surface area contributed by atoms with Crippen LogP contribution in [0.1, 0.15) is 24.4 Å². The van der Waals surface area contributed by atoms with Crippen molar-refractivity contribution in [2.24, 2.45) is 0 Å². The topological polar surface area (TPSA) is 76.5 Å². The molecule has 0 aliphatic carbocycles. The second kappa shape index (κ2) is 8.62. The molecule has 0 bridgehead atoms. The Morgan fingerprint density at radius 3 is 2.62 bits per heavy atom. The van der Waals surface area contributed by atoms with E-state index in [1.165, 1.54) is 23.1 Å². The van der Waals surface area contributed by atoms with Crippen molar-refractivity contribution in [3.8, 4) is 0 Å². The van der Waals surface area contributed by atoms with Crippen molar-refractivity contribution in [3.05, 3.63) is 54.1 Å². The molecule has 1 aliphatic heterocycles. The van der Waals surface area contributed by atoms with Crippen molar-refractivity contribution in [3.63, 3.8) is 0 Å². The van der Waals surface area contributed by atoms with Gasteiger partial charge in [-0.15, -0.1) is 0 Å². The second-order valence-corrected chi connectivity index (χ2v) is 7.42. The number of hydrogen-bond acceptors (Lipinski definition) is 4. The van der Waals surface area contributed by atoms with Crippen LogP contribution in [0.3, 0.4) is 0 Å². The predicted molar refractivity (Wildman–Crippen MR) is 112 cm³/mol. The minimum Gasteiger partial charge on any atom is -0.385 e. The van der Waals surface area contributed by atoms with Gasteiger partial charge in [0.05, 0.1) is 28.7 Å². The Morgan fingerprint density at radius 2 is 1.88 bits per heavy atom. The van der Waals surface area contributed by atoms with E-state index in [1.54, 1.807) is 29.9 Å². The number of nitrogens with zero attached hydrogens (tertiary/aromatic N) is 3. The van der Waals surface area contributed by atoms with Gasteiger partial charge in [-0.2, -0.15) is 13.2 Å². The number of para-hydroxylation sites is 3. The van der Waals surface area contributed by atoms with Crippen molar-refractivity contribution in [2.75, 3.05) is 30.5 Å². The van der Waals surface area contributed by atoms with E-state index in [1.807, 2.05) is 6.07 Å². The van der Waals surface area contributed by atoms with Gasteiger partial charge < -0.3 is 10.1 Å². The third-order valence-electron chi connectivity index (χ3n) is 5.30. The number of ether oxygens (including phenoxy) is 1. The van der Waals surface area contributed by atoms with Gasteiger partial charge in [0, 0.05) is 20.3 Å².